The highest BCUT2D eigenvalue weighted by Crippen LogP contribution is 2.36. The number of benzene rings is 1. The summed E-state index contributed by atoms with van der Waals surface area (Å²) in [5, 5.41) is 9.87. The number of hydrogen-bond acceptors (Lipinski definition) is 7. The van der Waals surface area contributed by atoms with Gasteiger partial charge in [-0.05, 0) is 77.3 Å². The van der Waals surface area contributed by atoms with E-state index in [0.29, 0.717) is 17.6 Å². The van der Waals surface area contributed by atoms with Gasteiger partial charge in [-0.15, -0.1) is 0 Å². The fourth-order valence-corrected chi connectivity index (χ4v) is 4.62. The molecule has 1 saturated heterocycles. The van der Waals surface area contributed by atoms with Crippen LogP contribution < -0.4 is 15.2 Å². The molecule has 7 nitrogen and oxygen atoms in total. The van der Waals surface area contributed by atoms with Gasteiger partial charge in [0.15, 0.2) is 0 Å². The SMILES string of the molecule is CC(C)(C)OC(=O)N1C[C@@H](CCCNc2cc(OCc3ccccc3)cc(SN)n2)CC1(C)C. The molecule has 2 aromatic rings. The van der Waals surface area contributed by atoms with E-state index in [1.54, 1.807) is 0 Å². The summed E-state index contributed by atoms with van der Waals surface area (Å²) < 4.78 is 11.6. The standard InChI is InChI=1S/C26H38N4O3S/c1-25(2,3)33-24(31)30-17-20(16-26(30,4)5)12-9-13-28-22-14-21(15-23(29-22)34-27)32-18-19-10-7-6-8-11-19/h6-8,10-11,14-15,20H,9,12-13,16-18,27H2,1-5H3,(H,28,29)/t20-/m0/s1. The van der Waals surface area contributed by atoms with Crippen molar-refractivity contribution in [2.75, 3.05) is 18.4 Å². The number of ether oxygens (including phenoxy) is 2. The maximum Gasteiger partial charge on any atom is 0.410 e. The molecule has 1 atom stereocenters. The van der Waals surface area contributed by atoms with Gasteiger partial charge in [0.1, 0.15) is 28.8 Å². The van der Waals surface area contributed by atoms with Gasteiger partial charge in [-0.1, -0.05) is 30.3 Å². The van der Waals surface area contributed by atoms with E-state index in [9.17, 15) is 4.79 Å². The summed E-state index contributed by atoms with van der Waals surface area (Å²) in [6, 6.07) is 13.8. The number of carbonyl (C=O) groups excluding carboxylic acids is 1. The monoisotopic (exact) mass is 486 g/mol. The van der Waals surface area contributed by atoms with E-state index in [1.165, 1.54) is 0 Å². The molecule has 186 valence electrons. The third kappa shape index (κ3) is 7.81. The van der Waals surface area contributed by atoms with Gasteiger partial charge in [0.2, 0.25) is 0 Å². The molecule has 1 aromatic heterocycles. The highest BCUT2D eigenvalue weighted by atomic mass is 32.2. The van der Waals surface area contributed by atoms with Gasteiger partial charge in [0.25, 0.3) is 0 Å². The number of amides is 1. The second kappa shape index (κ2) is 11.3. The molecule has 34 heavy (non-hydrogen) atoms. The zero-order valence-corrected chi connectivity index (χ0v) is 21.8. The average molecular weight is 487 g/mol. The van der Waals surface area contributed by atoms with E-state index in [1.807, 2.05) is 68.1 Å². The molecule has 3 rings (SSSR count). The minimum atomic E-state index is -0.484. The summed E-state index contributed by atoms with van der Waals surface area (Å²) >= 11 is 1.10. The van der Waals surface area contributed by atoms with Crippen molar-refractivity contribution < 1.29 is 14.3 Å². The molecule has 3 N–H and O–H groups in total. The Morgan fingerprint density at radius 3 is 2.68 bits per heavy atom. The first kappa shape index (κ1) is 26.2. The molecular weight excluding hydrogens is 448 g/mol. The van der Waals surface area contributed by atoms with Crippen molar-refractivity contribution in [1.29, 1.82) is 0 Å². The molecule has 0 spiro atoms. The summed E-state index contributed by atoms with van der Waals surface area (Å²) in [6.45, 7) is 12.0. The van der Waals surface area contributed by atoms with Gasteiger partial charge in [0.05, 0.1) is 0 Å². The van der Waals surface area contributed by atoms with E-state index in [0.717, 1.165) is 61.4 Å². The Morgan fingerprint density at radius 1 is 1.26 bits per heavy atom. The highest BCUT2D eigenvalue weighted by molar-refractivity contribution is 7.97. The molecule has 0 radical (unpaired) electrons. The first-order valence-corrected chi connectivity index (χ1v) is 12.7. The van der Waals surface area contributed by atoms with Crippen molar-refractivity contribution in [3.05, 3.63) is 48.0 Å². The van der Waals surface area contributed by atoms with Crippen LogP contribution in [0.1, 0.15) is 59.4 Å². The molecule has 1 aromatic carbocycles. The average Bonchev–Trinajstić information content (AvgIpc) is 3.09. The van der Waals surface area contributed by atoms with E-state index in [-0.39, 0.29) is 11.6 Å². The van der Waals surface area contributed by atoms with Crippen LogP contribution in [-0.2, 0) is 11.3 Å². The predicted molar refractivity (Wildman–Crippen MR) is 138 cm³/mol. The Morgan fingerprint density at radius 2 is 2.00 bits per heavy atom. The van der Waals surface area contributed by atoms with Crippen LogP contribution in [0.4, 0.5) is 10.6 Å². The number of carbonyl (C=O) groups is 1. The van der Waals surface area contributed by atoms with Crippen LogP contribution in [0.3, 0.4) is 0 Å². The molecule has 2 heterocycles. The van der Waals surface area contributed by atoms with Gasteiger partial charge >= 0.3 is 6.09 Å². The fraction of sp³-hybridized carbons (Fsp3) is 0.538. The molecule has 0 unspecified atom stereocenters. The van der Waals surface area contributed by atoms with Crippen molar-refractivity contribution >= 4 is 23.9 Å². The van der Waals surface area contributed by atoms with Crippen molar-refractivity contribution in [2.45, 2.75) is 76.7 Å². The number of likely N-dealkylation sites (tertiary alicyclic amines) is 1. The summed E-state index contributed by atoms with van der Waals surface area (Å²) in [4.78, 5) is 19.1. The van der Waals surface area contributed by atoms with Crippen LogP contribution >= 0.6 is 11.9 Å². The van der Waals surface area contributed by atoms with Gasteiger partial charge in [0, 0.05) is 30.8 Å². The summed E-state index contributed by atoms with van der Waals surface area (Å²) in [6.07, 6.45) is 2.76. The van der Waals surface area contributed by atoms with Crippen molar-refractivity contribution in [2.24, 2.45) is 11.1 Å². The molecule has 1 amide bonds. The number of nitrogens with one attached hydrogen (secondary N) is 1. The molecular formula is C26H38N4O3S. The maximum absolute atomic E-state index is 12.6. The normalized spacial score (nSPS) is 17.5. The number of rotatable bonds is 9. The Bertz CT molecular complexity index is 947. The van der Waals surface area contributed by atoms with Crippen LogP contribution in [0, 0.1) is 5.92 Å². The number of anilines is 1. The van der Waals surface area contributed by atoms with E-state index in [2.05, 4.69) is 24.1 Å². The number of nitrogens with zero attached hydrogens (tertiary/aromatic N) is 2. The van der Waals surface area contributed by atoms with Gasteiger partial charge in [-0.2, -0.15) is 0 Å². The molecule has 0 saturated carbocycles. The maximum atomic E-state index is 12.6. The zero-order chi connectivity index (χ0) is 24.8. The fourth-order valence-electron chi connectivity index (χ4n) is 4.28. The lowest BCUT2D eigenvalue weighted by Gasteiger charge is -2.33. The smallest absolute Gasteiger partial charge is 0.410 e. The highest BCUT2D eigenvalue weighted by Gasteiger charge is 2.42. The summed E-state index contributed by atoms with van der Waals surface area (Å²) in [5.41, 5.74) is 0.428. The van der Waals surface area contributed by atoms with Gasteiger partial charge in [-0.3, -0.25) is 5.14 Å². The Balaban J connectivity index is 1.49. The lowest BCUT2D eigenvalue weighted by Crippen LogP contribution is -2.45. The number of pyridine rings is 1. The van der Waals surface area contributed by atoms with Crippen LogP contribution in [0.15, 0.2) is 47.5 Å². The van der Waals surface area contributed by atoms with Crippen molar-refractivity contribution in [1.82, 2.24) is 9.88 Å². The van der Waals surface area contributed by atoms with E-state index >= 15 is 0 Å². The second-order valence-electron chi connectivity index (χ2n) is 10.5. The van der Waals surface area contributed by atoms with E-state index in [4.69, 9.17) is 14.6 Å². The first-order valence-electron chi connectivity index (χ1n) is 11.9. The Hall–Kier alpha value is -2.45. The largest absolute Gasteiger partial charge is 0.489 e. The molecule has 0 aliphatic carbocycles. The van der Waals surface area contributed by atoms with Crippen LogP contribution in [0.5, 0.6) is 5.75 Å². The van der Waals surface area contributed by atoms with Crippen molar-refractivity contribution in [3.63, 3.8) is 0 Å². The molecule has 8 heteroatoms. The lowest BCUT2D eigenvalue weighted by atomic mass is 9.93. The summed E-state index contributed by atoms with van der Waals surface area (Å²) in [7, 11) is 0. The van der Waals surface area contributed by atoms with Gasteiger partial charge in [-0.25, -0.2) is 9.78 Å². The lowest BCUT2D eigenvalue weighted by molar-refractivity contribution is 0.0131. The third-order valence-corrected chi connectivity index (χ3v) is 6.26. The van der Waals surface area contributed by atoms with E-state index < -0.39 is 5.60 Å². The number of nitrogens with two attached hydrogens (primary N) is 1. The number of hydrogen-bond donors (Lipinski definition) is 2. The third-order valence-electron chi connectivity index (χ3n) is 5.81. The van der Waals surface area contributed by atoms with Crippen LogP contribution in [0.2, 0.25) is 0 Å². The zero-order valence-electron chi connectivity index (χ0n) is 21.0. The van der Waals surface area contributed by atoms with Crippen LogP contribution in [0.25, 0.3) is 0 Å². The molecule has 1 aliphatic rings. The Labute approximate surface area is 207 Å². The van der Waals surface area contributed by atoms with Crippen molar-refractivity contribution in [3.8, 4) is 5.75 Å². The predicted octanol–water partition coefficient (Wildman–Crippen LogP) is 5.85. The minimum absolute atomic E-state index is 0.195. The van der Waals surface area contributed by atoms with Crippen LogP contribution in [-0.4, -0.2) is 40.2 Å². The quantitative estimate of drug-likeness (QED) is 0.339. The number of aromatic nitrogens is 1. The Kier molecular flexibility index (Phi) is 8.71. The van der Waals surface area contributed by atoms with Gasteiger partial charge < -0.3 is 19.7 Å². The minimum Gasteiger partial charge on any atom is -0.489 e. The molecule has 1 fully saturated rings. The molecule has 0 bridgehead atoms. The topological polar surface area (TPSA) is 89.7 Å². The first-order chi connectivity index (χ1) is 16.1. The summed E-state index contributed by atoms with van der Waals surface area (Å²) in [5.74, 6) is 1.94. The molecule has 1 aliphatic heterocycles. The second-order valence-corrected chi connectivity index (χ2v) is 11.1.